The van der Waals surface area contributed by atoms with Crippen LogP contribution in [0.15, 0.2) is 30.3 Å². The van der Waals surface area contributed by atoms with Crippen LogP contribution in [-0.2, 0) is 0 Å². The van der Waals surface area contributed by atoms with Crippen molar-refractivity contribution in [3.63, 3.8) is 0 Å². The summed E-state index contributed by atoms with van der Waals surface area (Å²) in [6.45, 7) is 9.18. The molecular weight excluding hydrogens is 218 g/mol. The molecule has 1 nitrogen and oxygen atoms in total. The Morgan fingerprint density at radius 1 is 1.06 bits per heavy atom. The van der Waals surface area contributed by atoms with Crippen LogP contribution < -0.4 is 5.32 Å². The fourth-order valence-electron chi connectivity index (χ4n) is 2.27. The average Bonchev–Trinajstić information content (AvgIpc) is 2.43. The van der Waals surface area contributed by atoms with Crippen molar-refractivity contribution < 1.29 is 0 Å². The number of hydrogen-bond donors (Lipinski definition) is 1. The molecular formula is C17H29N. The molecule has 0 saturated heterocycles. The van der Waals surface area contributed by atoms with Gasteiger partial charge in [-0.3, -0.25) is 0 Å². The minimum absolute atomic E-state index is 0.509. The van der Waals surface area contributed by atoms with E-state index in [2.05, 4.69) is 63.3 Å². The molecule has 0 aliphatic heterocycles. The van der Waals surface area contributed by atoms with Crippen LogP contribution >= 0.6 is 0 Å². The molecule has 0 aromatic heterocycles. The van der Waals surface area contributed by atoms with Crippen molar-refractivity contribution in [3.05, 3.63) is 35.9 Å². The van der Waals surface area contributed by atoms with Gasteiger partial charge in [0, 0.05) is 12.1 Å². The second kappa shape index (κ2) is 8.31. The molecule has 0 heterocycles. The van der Waals surface area contributed by atoms with Crippen LogP contribution in [0.25, 0.3) is 0 Å². The topological polar surface area (TPSA) is 12.0 Å². The summed E-state index contributed by atoms with van der Waals surface area (Å²) in [5, 5.41) is 3.82. The van der Waals surface area contributed by atoms with Crippen LogP contribution in [0.5, 0.6) is 0 Å². The van der Waals surface area contributed by atoms with E-state index in [9.17, 15) is 0 Å². The fourth-order valence-corrected chi connectivity index (χ4v) is 2.27. The van der Waals surface area contributed by atoms with Crippen LogP contribution in [0.1, 0.15) is 65.0 Å². The Morgan fingerprint density at radius 3 is 2.28 bits per heavy atom. The minimum atomic E-state index is 0.509. The third-order valence-electron chi connectivity index (χ3n) is 4.01. The lowest BCUT2D eigenvalue weighted by Crippen LogP contribution is -2.35. The first-order chi connectivity index (χ1) is 8.69. The van der Waals surface area contributed by atoms with Crippen LogP contribution in [-0.4, -0.2) is 6.04 Å². The zero-order valence-electron chi connectivity index (χ0n) is 12.4. The van der Waals surface area contributed by atoms with Gasteiger partial charge in [0.1, 0.15) is 0 Å². The average molecular weight is 247 g/mol. The predicted octanol–water partition coefficient (Wildman–Crippen LogP) is 4.94. The normalized spacial score (nSPS) is 16.2. The molecule has 0 spiro atoms. The van der Waals surface area contributed by atoms with Crippen LogP contribution in [0.2, 0.25) is 0 Å². The first-order valence-corrected chi connectivity index (χ1v) is 7.50. The predicted molar refractivity (Wildman–Crippen MR) is 80.8 cm³/mol. The van der Waals surface area contributed by atoms with Crippen molar-refractivity contribution in [2.24, 2.45) is 5.92 Å². The van der Waals surface area contributed by atoms with Crippen LogP contribution in [0.4, 0.5) is 0 Å². The standard InChI is InChI=1S/C17H29N/c1-5-7-13-17(16-11-9-8-10-12-16)18-15(4)14(3)6-2/h8-12,14-15,17-18H,5-7,13H2,1-4H3. The van der Waals surface area contributed by atoms with Crippen molar-refractivity contribution in [1.29, 1.82) is 0 Å². The lowest BCUT2D eigenvalue weighted by molar-refractivity contribution is 0.337. The number of benzene rings is 1. The van der Waals surface area contributed by atoms with Gasteiger partial charge in [0.25, 0.3) is 0 Å². The quantitative estimate of drug-likeness (QED) is 0.686. The molecule has 102 valence electrons. The Kier molecular flexibility index (Phi) is 7.04. The summed E-state index contributed by atoms with van der Waals surface area (Å²) in [6.07, 6.45) is 5.03. The highest BCUT2D eigenvalue weighted by atomic mass is 14.9. The van der Waals surface area contributed by atoms with Crippen molar-refractivity contribution in [1.82, 2.24) is 5.32 Å². The maximum atomic E-state index is 3.82. The molecule has 3 atom stereocenters. The van der Waals surface area contributed by atoms with Crippen LogP contribution in [0.3, 0.4) is 0 Å². The third-order valence-corrected chi connectivity index (χ3v) is 4.01. The van der Waals surface area contributed by atoms with Gasteiger partial charge in [-0.05, 0) is 24.8 Å². The highest BCUT2D eigenvalue weighted by Crippen LogP contribution is 2.21. The molecule has 18 heavy (non-hydrogen) atoms. The molecule has 1 aromatic carbocycles. The Morgan fingerprint density at radius 2 is 1.72 bits per heavy atom. The first-order valence-electron chi connectivity index (χ1n) is 7.50. The molecule has 1 rings (SSSR count). The first kappa shape index (κ1) is 15.2. The van der Waals surface area contributed by atoms with Crippen molar-refractivity contribution in [2.45, 2.75) is 65.5 Å². The number of unbranched alkanes of at least 4 members (excludes halogenated alkanes) is 1. The largest absolute Gasteiger partial charge is 0.307 e. The van der Waals surface area contributed by atoms with Gasteiger partial charge in [0.05, 0.1) is 0 Å². The van der Waals surface area contributed by atoms with E-state index in [4.69, 9.17) is 0 Å². The second-order valence-electron chi connectivity index (χ2n) is 5.45. The lowest BCUT2D eigenvalue weighted by atomic mass is 9.96. The molecule has 1 heteroatoms. The molecule has 0 bridgehead atoms. The zero-order valence-corrected chi connectivity index (χ0v) is 12.4. The van der Waals surface area contributed by atoms with E-state index in [1.165, 1.54) is 31.2 Å². The van der Waals surface area contributed by atoms with E-state index < -0.39 is 0 Å². The van der Waals surface area contributed by atoms with Crippen molar-refractivity contribution >= 4 is 0 Å². The smallest absolute Gasteiger partial charge is 0.0322 e. The number of rotatable bonds is 8. The Bertz CT molecular complexity index is 307. The molecule has 3 unspecified atom stereocenters. The molecule has 0 aliphatic rings. The van der Waals surface area contributed by atoms with Gasteiger partial charge in [0.15, 0.2) is 0 Å². The minimum Gasteiger partial charge on any atom is -0.307 e. The highest BCUT2D eigenvalue weighted by Gasteiger charge is 2.16. The van der Waals surface area contributed by atoms with E-state index in [1.54, 1.807) is 0 Å². The van der Waals surface area contributed by atoms with E-state index >= 15 is 0 Å². The maximum Gasteiger partial charge on any atom is 0.0322 e. The summed E-state index contributed by atoms with van der Waals surface area (Å²) in [4.78, 5) is 0. The maximum absolute atomic E-state index is 3.82. The van der Waals surface area contributed by atoms with Gasteiger partial charge in [-0.15, -0.1) is 0 Å². The lowest BCUT2D eigenvalue weighted by Gasteiger charge is -2.27. The summed E-state index contributed by atoms with van der Waals surface area (Å²) >= 11 is 0. The van der Waals surface area contributed by atoms with E-state index in [0.717, 1.165) is 5.92 Å². The number of nitrogens with one attached hydrogen (secondary N) is 1. The van der Waals surface area contributed by atoms with Gasteiger partial charge < -0.3 is 5.32 Å². The van der Waals surface area contributed by atoms with Crippen molar-refractivity contribution in [3.8, 4) is 0 Å². The van der Waals surface area contributed by atoms with Gasteiger partial charge in [-0.25, -0.2) is 0 Å². The summed E-state index contributed by atoms with van der Waals surface area (Å²) in [6, 6.07) is 12.0. The number of hydrogen-bond acceptors (Lipinski definition) is 1. The van der Waals surface area contributed by atoms with E-state index in [1.807, 2.05) is 0 Å². The Hall–Kier alpha value is -0.820. The molecule has 0 radical (unpaired) electrons. The van der Waals surface area contributed by atoms with Gasteiger partial charge in [-0.1, -0.05) is 70.4 Å². The summed E-state index contributed by atoms with van der Waals surface area (Å²) in [5.41, 5.74) is 1.43. The van der Waals surface area contributed by atoms with E-state index in [-0.39, 0.29) is 0 Å². The third kappa shape index (κ3) is 4.81. The Balaban J connectivity index is 2.67. The summed E-state index contributed by atoms with van der Waals surface area (Å²) in [5.74, 6) is 0.734. The zero-order chi connectivity index (χ0) is 13.4. The summed E-state index contributed by atoms with van der Waals surface area (Å²) < 4.78 is 0. The highest BCUT2D eigenvalue weighted by molar-refractivity contribution is 5.19. The second-order valence-corrected chi connectivity index (χ2v) is 5.45. The molecule has 0 aliphatic carbocycles. The molecule has 0 saturated carbocycles. The van der Waals surface area contributed by atoms with Crippen molar-refractivity contribution in [2.75, 3.05) is 0 Å². The summed E-state index contributed by atoms with van der Waals surface area (Å²) in [7, 11) is 0. The van der Waals surface area contributed by atoms with Gasteiger partial charge in [0.2, 0.25) is 0 Å². The fraction of sp³-hybridized carbons (Fsp3) is 0.647. The monoisotopic (exact) mass is 247 g/mol. The molecule has 1 N–H and O–H groups in total. The Labute approximate surface area is 113 Å². The van der Waals surface area contributed by atoms with Crippen LogP contribution in [0, 0.1) is 5.92 Å². The van der Waals surface area contributed by atoms with E-state index in [0.29, 0.717) is 12.1 Å². The van der Waals surface area contributed by atoms with Gasteiger partial charge >= 0.3 is 0 Å². The molecule has 0 fully saturated rings. The SMILES string of the molecule is CCCCC(NC(C)C(C)CC)c1ccccc1. The molecule has 1 aromatic rings. The van der Waals surface area contributed by atoms with Gasteiger partial charge in [-0.2, -0.15) is 0 Å². The molecule has 0 amide bonds.